The molecule has 78 valence electrons. The average Bonchev–Trinajstić information content (AvgIpc) is 2.16. The van der Waals surface area contributed by atoms with Gasteiger partial charge in [0.05, 0.1) is 5.75 Å². The third-order valence-electron chi connectivity index (χ3n) is 1.62. The van der Waals surface area contributed by atoms with E-state index >= 15 is 0 Å². The fraction of sp³-hybridized carbons (Fsp3) is 0.333. The molecule has 14 heavy (non-hydrogen) atoms. The first kappa shape index (κ1) is 11.0. The van der Waals surface area contributed by atoms with Gasteiger partial charge in [-0.1, -0.05) is 18.2 Å². The zero-order chi connectivity index (χ0) is 10.4. The minimum absolute atomic E-state index is 0.0571. The van der Waals surface area contributed by atoms with Gasteiger partial charge < -0.3 is 5.11 Å². The van der Waals surface area contributed by atoms with E-state index in [2.05, 4.69) is 4.72 Å². The second kappa shape index (κ2) is 4.97. The molecule has 0 aliphatic rings. The van der Waals surface area contributed by atoms with Crippen molar-refractivity contribution in [2.75, 3.05) is 17.1 Å². The maximum atomic E-state index is 11.3. The third kappa shape index (κ3) is 3.76. The van der Waals surface area contributed by atoms with Crippen LogP contribution < -0.4 is 4.72 Å². The van der Waals surface area contributed by atoms with Gasteiger partial charge in [0, 0.05) is 12.3 Å². The van der Waals surface area contributed by atoms with E-state index in [1.165, 1.54) is 0 Å². The van der Waals surface area contributed by atoms with Crippen LogP contribution in [0.5, 0.6) is 0 Å². The van der Waals surface area contributed by atoms with Crippen molar-refractivity contribution < 1.29 is 13.5 Å². The summed E-state index contributed by atoms with van der Waals surface area (Å²) < 4.78 is 25.1. The van der Waals surface area contributed by atoms with Crippen molar-refractivity contribution in [3.63, 3.8) is 0 Å². The van der Waals surface area contributed by atoms with Crippen LogP contribution in [-0.4, -0.2) is 25.9 Å². The number of sulfonamides is 1. The van der Waals surface area contributed by atoms with Crippen molar-refractivity contribution in [2.45, 2.75) is 6.42 Å². The molecule has 1 rings (SSSR count). The maximum Gasteiger partial charge on any atom is 0.232 e. The van der Waals surface area contributed by atoms with Crippen molar-refractivity contribution in [1.29, 1.82) is 0 Å². The topological polar surface area (TPSA) is 66.4 Å². The van der Waals surface area contributed by atoms with Gasteiger partial charge in [0.1, 0.15) is 0 Å². The van der Waals surface area contributed by atoms with Crippen LogP contribution in [0.15, 0.2) is 30.3 Å². The van der Waals surface area contributed by atoms with Gasteiger partial charge in [-0.15, -0.1) is 0 Å². The molecule has 0 saturated carbocycles. The van der Waals surface area contributed by atoms with Gasteiger partial charge >= 0.3 is 0 Å². The fourth-order valence-electron chi connectivity index (χ4n) is 0.991. The summed E-state index contributed by atoms with van der Waals surface area (Å²) in [5, 5.41) is 8.50. The second-order valence-electron chi connectivity index (χ2n) is 2.86. The Bertz CT molecular complexity index is 361. The van der Waals surface area contributed by atoms with E-state index in [0.29, 0.717) is 5.69 Å². The zero-order valence-electron chi connectivity index (χ0n) is 7.68. The van der Waals surface area contributed by atoms with Crippen molar-refractivity contribution >= 4 is 15.7 Å². The van der Waals surface area contributed by atoms with Crippen molar-refractivity contribution in [2.24, 2.45) is 0 Å². The molecule has 0 unspecified atom stereocenters. The Labute approximate surface area is 83.6 Å². The summed E-state index contributed by atoms with van der Waals surface area (Å²) in [4.78, 5) is 0. The van der Waals surface area contributed by atoms with Crippen molar-refractivity contribution in [3.8, 4) is 0 Å². The minimum atomic E-state index is -3.31. The van der Waals surface area contributed by atoms with Gasteiger partial charge in [-0.05, 0) is 18.6 Å². The van der Waals surface area contributed by atoms with E-state index in [9.17, 15) is 8.42 Å². The number of anilines is 1. The van der Waals surface area contributed by atoms with Crippen LogP contribution in [0.3, 0.4) is 0 Å². The monoisotopic (exact) mass is 215 g/mol. The van der Waals surface area contributed by atoms with Gasteiger partial charge in [0.15, 0.2) is 0 Å². The van der Waals surface area contributed by atoms with Crippen LogP contribution in [0.1, 0.15) is 6.42 Å². The summed E-state index contributed by atoms with van der Waals surface area (Å²) >= 11 is 0. The maximum absolute atomic E-state index is 11.3. The molecular formula is C9H13NO3S. The van der Waals surface area contributed by atoms with Crippen LogP contribution in [0.25, 0.3) is 0 Å². The molecular weight excluding hydrogens is 202 g/mol. The predicted octanol–water partition coefficient (Wildman–Crippen LogP) is 0.811. The summed E-state index contributed by atoms with van der Waals surface area (Å²) in [5.74, 6) is -0.0571. The highest BCUT2D eigenvalue weighted by Gasteiger charge is 2.08. The molecule has 5 heteroatoms. The Morgan fingerprint density at radius 2 is 1.86 bits per heavy atom. The molecule has 1 aromatic carbocycles. The number of benzene rings is 1. The smallest absolute Gasteiger partial charge is 0.232 e. The first-order chi connectivity index (χ1) is 6.64. The first-order valence-corrected chi connectivity index (χ1v) is 5.96. The van der Waals surface area contributed by atoms with Gasteiger partial charge in [0.25, 0.3) is 0 Å². The second-order valence-corrected chi connectivity index (χ2v) is 4.71. The summed E-state index contributed by atoms with van der Waals surface area (Å²) in [6.45, 7) is -0.115. The lowest BCUT2D eigenvalue weighted by molar-refractivity contribution is 0.295. The van der Waals surface area contributed by atoms with Gasteiger partial charge in [-0.2, -0.15) is 0 Å². The number of aliphatic hydroxyl groups excluding tert-OH is 1. The zero-order valence-corrected chi connectivity index (χ0v) is 8.50. The molecule has 0 fully saturated rings. The van der Waals surface area contributed by atoms with Crippen molar-refractivity contribution in [1.82, 2.24) is 0 Å². The summed E-state index contributed by atoms with van der Waals surface area (Å²) in [5.41, 5.74) is 0.547. The standard InChI is InChI=1S/C9H13NO3S/c11-7-4-8-14(12,13)10-9-5-2-1-3-6-9/h1-3,5-6,10-11H,4,7-8H2. The number of aliphatic hydroxyl groups is 1. The molecule has 0 heterocycles. The lowest BCUT2D eigenvalue weighted by Gasteiger charge is -2.06. The quantitative estimate of drug-likeness (QED) is 0.764. The molecule has 0 amide bonds. The SMILES string of the molecule is O=S(=O)(CCCO)Nc1ccccc1. The minimum Gasteiger partial charge on any atom is -0.396 e. The van der Waals surface area contributed by atoms with Crippen LogP contribution in [0.2, 0.25) is 0 Å². The Morgan fingerprint density at radius 1 is 1.21 bits per heavy atom. The number of para-hydroxylation sites is 1. The van der Waals surface area contributed by atoms with Crippen molar-refractivity contribution in [3.05, 3.63) is 30.3 Å². The highest BCUT2D eigenvalue weighted by molar-refractivity contribution is 7.92. The fourth-order valence-corrected chi connectivity index (χ4v) is 2.10. The third-order valence-corrected chi connectivity index (χ3v) is 2.99. The van der Waals surface area contributed by atoms with E-state index < -0.39 is 10.0 Å². The van der Waals surface area contributed by atoms with Crippen LogP contribution >= 0.6 is 0 Å². The largest absolute Gasteiger partial charge is 0.396 e. The molecule has 1 aromatic rings. The molecule has 4 nitrogen and oxygen atoms in total. The summed E-state index contributed by atoms with van der Waals surface area (Å²) in [6, 6.07) is 8.67. The molecule has 0 aliphatic carbocycles. The Balaban J connectivity index is 2.60. The van der Waals surface area contributed by atoms with Crippen LogP contribution in [-0.2, 0) is 10.0 Å². The lowest BCUT2D eigenvalue weighted by atomic mass is 10.3. The molecule has 2 N–H and O–H groups in total. The highest BCUT2D eigenvalue weighted by Crippen LogP contribution is 2.08. The molecule has 0 bridgehead atoms. The number of hydrogen-bond donors (Lipinski definition) is 2. The number of rotatable bonds is 5. The van der Waals surface area contributed by atoms with Gasteiger partial charge in [-0.3, -0.25) is 4.72 Å². The highest BCUT2D eigenvalue weighted by atomic mass is 32.2. The lowest BCUT2D eigenvalue weighted by Crippen LogP contribution is -2.17. The summed E-state index contributed by atoms with van der Waals surface area (Å²) in [6.07, 6.45) is 0.252. The number of hydrogen-bond acceptors (Lipinski definition) is 3. The van der Waals surface area contributed by atoms with Crippen LogP contribution in [0, 0.1) is 0 Å². The Hall–Kier alpha value is -1.07. The molecule has 0 spiro atoms. The van der Waals surface area contributed by atoms with E-state index in [4.69, 9.17) is 5.11 Å². The van der Waals surface area contributed by atoms with E-state index in [0.717, 1.165) is 0 Å². The summed E-state index contributed by atoms with van der Waals surface area (Å²) in [7, 11) is -3.31. The Kier molecular flexibility index (Phi) is 3.91. The first-order valence-electron chi connectivity index (χ1n) is 4.30. The van der Waals surface area contributed by atoms with Crippen LogP contribution in [0.4, 0.5) is 5.69 Å². The molecule has 0 saturated heterocycles. The van der Waals surface area contributed by atoms with E-state index in [1.807, 2.05) is 6.07 Å². The normalized spacial score (nSPS) is 11.2. The molecule has 0 aromatic heterocycles. The molecule has 0 aliphatic heterocycles. The average molecular weight is 215 g/mol. The van der Waals surface area contributed by atoms with E-state index in [1.54, 1.807) is 24.3 Å². The molecule has 0 radical (unpaired) electrons. The Morgan fingerprint density at radius 3 is 2.43 bits per heavy atom. The van der Waals surface area contributed by atoms with E-state index in [-0.39, 0.29) is 18.8 Å². The van der Waals surface area contributed by atoms with Gasteiger partial charge in [0.2, 0.25) is 10.0 Å². The predicted molar refractivity (Wildman–Crippen MR) is 55.6 cm³/mol. The number of nitrogens with one attached hydrogen (secondary N) is 1. The van der Waals surface area contributed by atoms with Gasteiger partial charge in [-0.25, -0.2) is 8.42 Å². The molecule has 0 atom stereocenters.